The van der Waals surface area contributed by atoms with Gasteiger partial charge in [0.2, 0.25) is 0 Å². The van der Waals surface area contributed by atoms with Gasteiger partial charge in [0.15, 0.2) is 12.1 Å². The maximum atomic E-state index is 15.2. The highest BCUT2D eigenvalue weighted by Gasteiger charge is 2.57. The van der Waals surface area contributed by atoms with Crippen molar-refractivity contribution >= 4 is 23.2 Å². The number of quaternary nitrogens is 2. The Bertz CT molecular complexity index is 1420. The van der Waals surface area contributed by atoms with E-state index in [1.807, 2.05) is 0 Å². The van der Waals surface area contributed by atoms with Crippen molar-refractivity contribution in [2.24, 2.45) is 11.8 Å². The summed E-state index contributed by atoms with van der Waals surface area (Å²) in [6, 6.07) is 10.8. The van der Waals surface area contributed by atoms with Crippen molar-refractivity contribution in [1.82, 2.24) is 0 Å². The SMILES string of the molecule is CC(C)c1cccc(C(C)C)c1NC(=O)[C@@H]1C[C@@H]2CCC[C@@H]2[N@@+]1([O-])CCC[N@@+]1([O-])[C@H](C(=O)Nc2c(C(C)C)cccc2C(C)C)C[C@@H]2CCC[C@@H]21. The van der Waals surface area contributed by atoms with Gasteiger partial charge in [-0.05, 0) is 71.6 Å². The van der Waals surface area contributed by atoms with Crippen LogP contribution >= 0.6 is 0 Å². The lowest BCUT2D eigenvalue weighted by atomic mass is 9.92. The normalized spacial score (nSPS) is 31.6. The van der Waals surface area contributed by atoms with Gasteiger partial charge in [0.1, 0.15) is 0 Å². The van der Waals surface area contributed by atoms with Gasteiger partial charge in [0.25, 0.3) is 11.8 Å². The topological polar surface area (TPSA) is 104 Å². The largest absolute Gasteiger partial charge is 0.632 e. The van der Waals surface area contributed by atoms with Gasteiger partial charge in [-0.2, -0.15) is 0 Å². The number of fused-ring (bicyclic) bond motifs is 2. The lowest BCUT2D eigenvalue weighted by Crippen LogP contribution is -2.60. The Morgan fingerprint density at radius 1 is 0.608 bits per heavy atom. The Morgan fingerprint density at radius 2 is 0.941 bits per heavy atom. The van der Waals surface area contributed by atoms with Gasteiger partial charge in [-0.3, -0.25) is 9.59 Å². The summed E-state index contributed by atoms with van der Waals surface area (Å²) in [6.45, 7) is 17.6. The van der Waals surface area contributed by atoms with E-state index < -0.39 is 21.4 Å². The molecule has 0 radical (unpaired) electrons. The van der Waals surface area contributed by atoms with Crippen molar-refractivity contribution < 1.29 is 18.9 Å². The van der Waals surface area contributed by atoms with Gasteiger partial charge in [0, 0.05) is 55.3 Å². The fourth-order valence-corrected chi connectivity index (χ4v) is 10.8. The molecule has 4 aliphatic rings. The Hall–Kier alpha value is -2.78. The van der Waals surface area contributed by atoms with Crippen LogP contribution in [0.25, 0.3) is 0 Å². The first-order chi connectivity index (χ1) is 24.2. The second kappa shape index (κ2) is 14.9. The van der Waals surface area contributed by atoms with Crippen LogP contribution in [0.3, 0.4) is 0 Å². The summed E-state index contributed by atoms with van der Waals surface area (Å²) in [5, 5.41) is 36.9. The van der Waals surface area contributed by atoms with E-state index >= 15 is 10.4 Å². The van der Waals surface area contributed by atoms with Gasteiger partial charge in [-0.25, -0.2) is 0 Å². The molecular weight excluding hydrogens is 636 g/mol. The minimum atomic E-state index is -0.695. The summed E-state index contributed by atoms with van der Waals surface area (Å²) in [6.07, 6.45) is 7.28. The summed E-state index contributed by atoms with van der Waals surface area (Å²) in [7, 11) is 0. The van der Waals surface area contributed by atoms with Crippen LogP contribution in [0, 0.1) is 22.3 Å². The van der Waals surface area contributed by atoms with E-state index in [1.165, 1.54) is 0 Å². The standard InChI is InChI=1S/C43H64N4O4/c1-26(2)32-16-11-17-33(27(3)4)40(32)44-42(48)38-24-30-14-9-20-36(30)46(38,50)22-13-23-47(51)37-21-10-15-31(37)25-39(47)43(49)45-41-34(28(5)6)18-12-19-35(41)29(7)8/h11-12,16-19,26-31,36-39H,9-10,13-15,20-25H2,1-8H3,(H,44,48)(H,45,49)/t30-,31-,36-,37-,38-,39-,46-,47-/m0/s1. The Morgan fingerprint density at radius 3 is 1.25 bits per heavy atom. The number of rotatable bonds is 12. The van der Waals surface area contributed by atoms with Gasteiger partial charge in [-0.15, -0.1) is 0 Å². The predicted molar refractivity (Wildman–Crippen MR) is 207 cm³/mol. The van der Waals surface area contributed by atoms with Crippen LogP contribution in [-0.4, -0.2) is 58.4 Å². The molecule has 51 heavy (non-hydrogen) atoms. The van der Waals surface area contributed by atoms with Gasteiger partial charge in [-0.1, -0.05) is 91.8 Å². The van der Waals surface area contributed by atoms with E-state index in [4.69, 9.17) is 0 Å². The number of likely N-dealkylation sites (tertiary alicyclic amines) is 2. The quantitative estimate of drug-likeness (QED) is 0.170. The number of hydroxylamine groups is 6. The molecule has 8 nitrogen and oxygen atoms in total. The molecule has 2 aliphatic carbocycles. The minimum Gasteiger partial charge on any atom is -0.632 e. The molecule has 2 saturated carbocycles. The van der Waals surface area contributed by atoms with Crippen LogP contribution < -0.4 is 10.6 Å². The summed E-state index contributed by atoms with van der Waals surface area (Å²) in [4.78, 5) is 28.5. The Kier molecular flexibility index (Phi) is 11.1. The molecule has 8 atom stereocenters. The van der Waals surface area contributed by atoms with Crippen LogP contribution in [0.1, 0.15) is 159 Å². The molecule has 2 aromatic carbocycles. The first kappa shape index (κ1) is 38.0. The van der Waals surface area contributed by atoms with Crippen LogP contribution in [0.2, 0.25) is 0 Å². The zero-order chi connectivity index (χ0) is 36.8. The third kappa shape index (κ3) is 7.03. The van der Waals surface area contributed by atoms with Crippen molar-refractivity contribution in [3.8, 4) is 0 Å². The van der Waals surface area contributed by atoms with Crippen molar-refractivity contribution in [3.63, 3.8) is 0 Å². The third-order valence-corrected chi connectivity index (χ3v) is 13.3. The molecule has 2 aromatic rings. The number of hydrogen-bond acceptors (Lipinski definition) is 4. The lowest BCUT2D eigenvalue weighted by Gasteiger charge is -2.51. The molecule has 2 N–H and O–H groups in total. The van der Waals surface area contributed by atoms with Crippen molar-refractivity contribution in [2.45, 2.75) is 161 Å². The van der Waals surface area contributed by atoms with E-state index in [-0.39, 0.29) is 72.5 Å². The smallest absolute Gasteiger partial charge is 0.283 e. The molecule has 0 bridgehead atoms. The average molecular weight is 701 g/mol. The van der Waals surface area contributed by atoms with Crippen LogP contribution in [0.4, 0.5) is 11.4 Å². The Balaban J connectivity index is 1.23. The fraction of sp³-hybridized carbons (Fsp3) is 0.674. The first-order valence-corrected chi connectivity index (χ1v) is 20.2. The van der Waals surface area contributed by atoms with Crippen LogP contribution in [0.5, 0.6) is 0 Å². The number of anilines is 2. The van der Waals surface area contributed by atoms with E-state index in [0.29, 0.717) is 19.3 Å². The van der Waals surface area contributed by atoms with Crippen molar-refractivity contribution in [2.75, 3.05) is 23.7 Å². The van der Waals surface area contributed by atoms with E-state index in [1.54, 1.807) is 0 Å². The highest BCUT2D eigenvalue weighted by atomic mass is 16.6. The monoisotopic (exact) mass is 700 g/mol. The summed E-state index contributed by atoms with van der Waals surface area (Å²) in [5.74, 6) is 1.02. The molecule has 280 valence electrons. The molecule has 6 rings (SSSR count). The average Bonchev–Trinajstić information content (AvgIpc) is 3.85. The number of nitrogens with one attached hydrogen (secondary N) is 2. The van der Waals surface area contributed by atoms with E-state index in [9.17, 15) is 9.59 Å². The molecule has 2 aliphatic heterocycles. The van der Waals surface area contributed by atoms with Crippen molar-refractivity contribution in [1.29, 1.82) is 0 Å². The minimum absolute atomic E-state index is 0.107. The molecule has 2 saturated heterocycles. The zero-order valence-electron chi connectivity index (χ0n) is 32.5. The number of amides is 2. The van der Waals surface area contributed by atoms with Crippen LogP contribution in [0.15, 0.2) is 36.4 Å². The number of carbonyl (C=O) groups is 2. The molecule has 2 heterocycles. The second-order valence-electron chi connectivity index (χ2n) is 17.7. The maximum Gasteiger partial charge on any atom is 0.283 e. The number of nitrogens with zero attached hydrogens (tertiary/aromatic N) is 2. The fourth-order valence-electron chi connectivity index (χ4n) is 10.8. The first-order valence-electron chi connectivity index (χ1n) is 20.2. The molecule has 0 aromatic heterocycles. The molecule has 4 fully saturated rings. The number of hydrogen-bond donors (Lipinski definition) is 2. The van der Waals surface area contributed by atoms with Crippen LogP contribution in [-0.2, 0) is 9.59 Å². The molecule has 8 heteroatoms. The lowest BCUT2D eigenvalue weighted by molar-refractivity contribution is -0.926. The molecule has 0 spiro atoms. The van der Waals surface area contributed by atoms with E-state index in [2.05, 4.69) is 102 Å². The van der Waals surface area contributed by atoms with Crippen molar-refractivity contribution in [3.05, 3.63) is 69.1 Å². The summed E-state index contributed by atoms with van der Waals surface area (Å²) < 4.78 is -1.08. The maximum absolute atomic E-state index is 15.2. The molecular formula is C43H64N4O4. The predicted octanol–water partition coefficient (Wildman–Crippen LogP) is 9.66. The summed E-state index contributed by atoms with van der Waals surface area (Å²) >= 11 is 0. The highest BCUT2D eigenvalue weighted by molar-refractivity contribution is 5.96. The van der Waals surface area contributed by atoms with Gasteiger partial charge in [0.05, 0.1) is 25.2 Å². The molecule has 0 unspecified atom stereocenters. The Labute approximate surface area is 307 Å². The molecule has 2 amide bonds. The number of para-hydroxylation sites is 2. The highest BCUT2D eigenvalue weighted by Crippen LogP contribution is 2.49. The second-order valence-corrected chi connectivity index (χ2v) is 17.7. The van der Waals surface area contributed by atoms with E-state index in [0.717, 1.165) is 72.2 Å². The van der Waals surface area contributed by atoms with Gasteiger partial charge < -0.3 is 30.3 Å². The summed E-state index contributed by atoms with van der Waals surface area (Å²) in [5.41, 5.74) is 6.09. The number of benzene rings is 2. The zero-order valence-corrected chi connectivity index (χ0v) is 32.5. The van der Waals surface area contributed by atoms with Gasteiger partial charge >= 0.3 is 0 Å². The third-order valence-electron chi connectivity index (χ3n) is 13.3. The number of carbonyl (C=O) groups excluding carboxylic acids is 2.